The second-order valence-corrected chi connectivity index (χ2v) is 5.76. The van der Waals surface area contributed by atoms with Gasteiger partial charge in [0.25, 0.3) is 0 Å². The van der Waals surface area contributed by atoms with Crippen molar-refractivity contribution in [2.75, 3.05) is 0 Å². The van der Waals surface area contributed by atoms with Crippen LogP contribution in [-0.4, -0.2) is 6.10 Å². The van der Waals surface area contributed by atoms with Gasteiger partial charge in [-0.25, -0.2) is 0 Å². The molecule has 1 atom stereocenters. The highest BCUT2D eigenvalue weighted by atomic mass is 16.5. The molecule has 0 fully saturated rings. The fourth-order valence-corrected chi connectivity index (χ4v) is 2.28. The predicted molar refractivity (Wildman–Crippen MR) is 84.1 cm³/mol. The van der Waals surface area contributed by atoms with Crippen molar-refractivity contribution in [1.82, 2.24) is 0 Å². The number of ether oxygens (including phenoxy) is 1. The van der Waals surface area contributed by atoms with Crippen LogP contribution in [0.1, 0.15) is 70.4 Å². The van der Waals surface area contributed by atoms with Gasteiger partial charge in [-0.2, -0.15) is 0 Å². The van der Waals surface area contributed by atoms with Gasteiger partial charge in [0.1, 0.15) is 11.9 Å². The Hall–Kier alpha value is -1.24. The molecule has 106 valence electrons. The third-order valence-corrected chi connectivity index (χ3v) is 3.43. The smallest absolute Gasteiger partial charge is 0.127 e. The summed E-state index contributed by atoms with van der Waals surface area (Å²) >= 11 is 0. The van der Waals surface area contributed by atoms with Gasteiger partial charge in [-0.05, 0) is 29.4 Å². The molecule has 0 N–H and O–H groups in total. The van der Waals surface area contributed by atoms with Crippen LogP contribution in [0.2, 0.25) is 0 Å². The van der Waals surface area contributed by atoms with Gasteiger partial charge in [0.15, 0.2) is 0 Å². The van der Waals surface area contributed by atoms with Gasteiger partial charge in [0.05, 0.1) is 0 Å². The second-order valence-electron chi connectivity index (χ2n) is 5.76. The van der Waals surface area contributed by atoms with E-state index < -0.39 is 0 Å². The van der Waals surface area contributed by atoms with E-state index in [0.717, 1.165) is 18.6 Å². The molecule has 0 aromatic heterocycles. The number of hydrogen-bond acceptors (Lipinski definition) is 1. The van der Waals surface area contributed by atoms with Crippen LogP contribution in [0.25, 0.3) is 0 Å². The van der Waals surface area contributed by atoms with Crippen molar-refractivity contribution < 1.29 is 4.74 Å². The minimum Gasteiger partial charge on any atom is -0.486 e. The first-order valence-corrected chi connectivity index (χ1v) is 7.43. The van der Waals surface area contributed by atoms with Crippen molar-refractivity contribution in [1.29, 1.82) is 0 Å². The molecule has 0 aliphatic carbocycles. The number of rotatable bonds is 7. The maximum absolute atomic E-state index is 6.27. The molecule has 1 nitrogen and oxygen atoms in total. The van der Waals surface area contributed by atoms with Crippen molar-refractivity contribution >= 4 is 0 Å². The van der Waals surface area contributed by atoms with Gasteiger partial charge in [0.2, 0.25) is 0 Å². The van der Waals surface area contributed by atoms with Crippen LogP contribution >= 0.6 is 0 Å². The largest absolute Gasteiger partial charge is 0.486 e. The zero-order valence-corrected chi connectivity index (χ0v) is 13.1. The molecule has 1 rings (SSSR count). The molecule has 0 saturated carbocycles. The normalized spacial score (nSPS) is 12.8. The lowest BCUT2D eigenvalue weighted by Gasteiger charge is -2.23. The first kappa shape index (κ1) is 15.8. The first-order chi connectivity index (χ1) is 9.01. The minimum atomic E-state index is 0.113. The summed E-state index contributed by atoms with van der Waals surface area (Å²) in [5.41, 5.74) is 2.60. The summed E-state index contributed by atoms with van der Waals surface area (Å²) in [5, 5.41) is 0. The summed E-state index contributed by atoms with van der Waals surface area (Å²) in [6, 6.07) is 6.50. The average molecular weight is 260 g/mol. The van der Waals surface area contributed by atoms with Crippen LogP contribution < -0.4 is 4.74 Å². The van der Waals surface area contributed by atoms with Crippen LogP contribution in [0.5, 0.6) is 5.75 Å². The summed E-state index contributed by atoms with van der Waals surface area (Å²) in [7, 11) is 0. The highest BCUT2D eigenvalue weighted by molar-refractivity contribution is 5.45. The number of para-hydroxylation sites is 1. The monoisotopic (exact) mass is 260 g/mol. The highest BCUT2D eigenvalue weighted by Gasteiger charge is 2.17. The number of hydrogen-bond donors (Lipinski definition) is 0. The van der Waals surface area contributed by atoms with E-state index >= 15 is 0 Å². The third-order valence-electron chi connectivity index (χ3n) is 3.43. The topological polar surface area (TPSA) is 9.23 Å². The lowest BCUT2D eigenvalue weighted by molar-refractivity contribution is 0.231. The molecular formula is C18H28O. The summed E-state index contributed by atoms with van der Waals surface area (Å²) in [6.07, 6.45) is 4.16. The Balaban J connectivity index is 3.16. The minimum absolute atomic E-state index is 0.113. The fraction of sp³-hybridized carbons (Fsp3) is 0.556. The van der Waals surface area contributed by atoms with E-state index in [2.05, 4.69) is 59.4 Å². The van der Waals surface area contributed by atoms with E-state index in [1.165, 1.54) is 11.1 Å². The van der Waals surface area contributed by atoms with E-state index in [0.29, 0.717) is 11.8 Å². The first-order valence-electron chi connectivity index (χ1n) is 7.43. The molecule has 19 heavy (non-hydrogen) atoms. The average Bonchev–Trinajstić information content (AvgIpc) is 2.37. The standard InChI is InChI=1S/C18H28O/c1-7-10-15(8-2)19-18-16(13(3)4)11-9-12-17(18)14(5)6/h8-9,11-15H,2,7,10H2,1,3-6H3. The van der Waals surface area contributed by atoms with Crippen molar-refractivity contribution in [3.63, 3.8) is 0 Å². The maximum Gasteiger partial charge on any atom is 0.127 e. The van der Waals surface area contributed by atoms with E-state index in [1.54, 1.807) is 0 Å². The maximum atomic E-state index is 6.27. The molecule has 0 aliphatic rings. The van der Waals surface area contributed by atoms with Crippen molar-refractivity contribution in [3.05, 3.63) is 42.0 Å². The van der Waals surface area contributed by atoms with Gasteiger partial charge in [0, 0.05) is 0 Å². The van der Waals surface area contributed by atoms with Crippen LogP contribution in [0.15, 0.2) is 30.9 Å². The Kier molecular flexibility index (Phi) is 6.14. The van der Waals surface area contributed by atoms with Crippen LogP contribution in [0.3, 0.4) is 0 Å². The lowest BCUT2D eigenvalue weighted by atomic mass is 9.94. The summed E-state index contributed by atoms with van der Waals surface area (Å²) < 4.78 is 6.27. The Bertz CT molecular complexity index is 378. The Morgan fingerprint density at radius 1 is 1.11 bits per heavy atom. The molecule has 1 aromatic carbocycles. The lowest BCUT2D eigenvalue weighted by Crippen LogP contribution is -2.15. The quantitative estimate of drug-likeness (QED) is 0.574. The molecular weight excluding hydrogens is 232 g/mol. The molecule has 0 saturated heterocycles. The zero-order valence-electron chi connectivity index (χ0n) is 13.1. The molecule has 0 radical (unpaired) electrons. The van der Waals surface area contributed by atoms with Crippen molar-refractivity contribution in [3.8, 4) is 5.75 Å². The van der Waals surface area contributed by atoms with Gasteiger partial charge < -0.3 is 4.74 Å². The fourth-order valence-electron chi connectivity index (χ4n) is 2.28. The third kappa shape index (κ3) is 4.12. The predicted octanol–water partition coefficient (Wildman–Crippen LogP) is 5.67. The molecule has 0 aliphatic heterocycles. The molecule has 1 aromatic rings. The summed E-state index contributed by atoms with van der Waals surface area (Å²) in [6.45, 7) is 14.9. The van der Waals surface area contributed by atoms with Crippen molar-refractivity contribution in [2.45, 2.75) is 65.4 Å². The second kappa shape index (κ2) is 7.37. The Labute approximate surface area is 118 Å². The molecule has 0 amide bonds. The SMILES string of the molecule is C=CC(CCC)Oc1c(C(C)C)cccc1C(C)C. The Morgan fingerprint density at radius 3 is 2.00 bits per heavy atom. The molecule has 0 heterocycles. The van der Waals surface area contributed by atoms with Crippen LogP contribution in [-0.2, 0) is 0 Å². The van der Waals surface area contributed by atoms with Crippen molar-refractivity contribution in [2.24, 2.45) is 0 Å². The molecule has 1 heteroatoms. The van der Waals surface area contributed by atoms with Gasteiger partial charge >= 0.3 is 0 Å². The van der Waals surface area contributed by atoms with E-state index in [-0.39, 0.29) is 6.10 Å². The number of benzene rings is 1. The van der Waals surface area contributed by atoms with E-state index in [4.69, 9.17) is 4.74 Å². The molecule has 1 unspecified atom stereocenters. The van der Waals surface area contributed by atoms with Crippen LogP contribution in [0.4, 0.5) is 0 Å². The molecule has 0 bridgehead atoms. The summed E-state index contributed by atoms with van der Waals surface area (Å²) in [5.74, 6) is 2.02. The zero-order chi connectivity index (χ0) is 14.4. The van der Waals surface area contributed by atoms with E-state index in [1.807, 2.05) is 6.08 Å². The van der Waals surface area contributed by atoms with E-state index in [9.17, 15) is 0 Å². The van der Waals surface area contributed by atoms with Gasteiger partial charge in [-0.15, -0.1) is 0 Å². The Morgan fingerprint density at radius 2 is 1.63 bits per heavy atom. The van der Waals surface area contributed by atoms with Crippen LogP contribution in [0, 0.1) is 0 Å². The van der Waals surface area contributed by atoms with Gasteiger partial charge in [-0.1, -0.05) is 71.9 Å². The summed E-state index contributed by atoms with van der Waals surface area (Å²) in [4.78, 5) is 0. The molecule has 0 spiro atoms. The highest BCUT2D eigenvalue weighted by Crippen LogP contribution is 2.35. The van der Waals surface area contributed by atoms with Gasteiger partial charge in [-0.3, -0.25) is 0 Å².